The largest absolute Gasteiger partial charge is 0.493 e. The van der Waals surface area contributed by atoms with Gasteiger partial charge in [0, 0.05) is 5.56 Å². The van der Waals surface area contributed by atoms with E-state index in [1.54, 1.807) is 14.2 Å². The van der Waals surface area contributed by atoms with E-state index >= 15 is 0 Å². The highest BCUT2D eigenvalue weighted by Gasteiger charge is 2.19. The molecule has 3 nitrogen and oxygen atoms in total. The summed E-state index contributed by atoms with van der Waals surface area (Å²) in [4.78, 5) is 0. The minimum Gasteiger partial charge on any atom is -0.493 e. The molecule has 1 atom stereocenters. The number of benzene rings is 1. The van der Waals surface area contributed by atoms with Gasteiger partial charge in [-0.05, 0) is 24.5 Å². The van der Waals surface area contributed by atoms with Crippen molar-refractivity contribution < 1.29 is 14.6 Å². The molecular weight excluding hydrogens is 204 g/mol. The summed E-state index contributed by atoms with van der Waals surface area (Å²) in [7, 11) is 3.24. The highest BCUT2D eigenvalue weighted by molar-refractivity contribution is 5.52. The maximum absolute atomic E-state index is 9.98. The van der Waals surface area contributed by atoms with Crippen LogP contribution in [-0.4, -0.2) is 19.3 Å². The highest BCUT2D eigenvalue weighted by Crippen LogP contribution is 2.38. The van der Waals surface area contributed by atoms with Gasteiger partial charge in [-0.2, -0.15) is 0 Å². The molecule has 1 aromatic carbocycles. The number of allylic oxidation sites excluding steroid dienone is 1. The second-order valence-electron chi connectivity index (χ2n) is 3.80. The zero-order chi connectivity index (χ0) is 11.5. The van der Waals surface area contributed by atoms with Crippen LogP contribution in [0.5, 0.6) is 11.5 Å². The minimum absolute atomic E-state index is 0.450. The van der Waals surface area contributed by atoms with Gasteiger partial charge in [-0.15, -0.1) is 0 Å². The Morgan fingerprint density at radius 1 is 1.19 bits per heavy atom. The number of fused-ring (bicyclic) bond motifs is 1. The molecule has 1 unspecified atom stereocenters. The molecule has 0 aliphatic heterocycles. The van der Waals surface area contributed by atoms with Crippen LogP contribution in [0.25, 0.3) is 0 Å². The lowest BCUT2D eigenvalue weighted by atomic mass is 9.99. The van der Waals surface area contributed by atoms with Crippen LogP contribution in [0.3, 0.4) is 0 Å². The van der Waals surface area contributed by atoms with Crippen molar-refractivity contribution in [1.82, 2.24) is 0 Å². The first-order valence-electron chi connectivity index (χ1n) is 5.34. The summed E-state index contributed by atoms with van der Waals surface area (Å²) < 4.78 is 10.6. The van der Waals surface area contributed by atoms with Crippen LogP contribution in [0.4, 0.5) is 0 Å². The fourth-order valence-corrected chi connectivity index (χ4v) is 2.08. The Balaban J connectivity index is 2.57. The molecule has 0 heterocycles. The molecule has 2 rings (SSSR count). The Hall–Kier alpha value is -1.48. The van der Waals surface area contributed by atoms with Gasteiger partial charge in [0.15, 0.2) is 11.5 Å². The van der Waals surface area contributed by atoms with Gasteiger partial charge in [-0.25, -0.2) is 0 Å². The van der Waals surface area contributed by atoms with E-state index in [0.717, 1.165) is 23.3 Å². The summed E-state index contributed by atoms with van der Waals surface area (Å²) in [5.74, 6) is 1.44. The molecular formula is C13H16O3. The van der Waals surface area contributed by atoms with Crippen LogP contribution in [-0.2, 0) is 6.42 Å². The molecule has 1 aliphatic carbocycles. The summed E-state index contributed by atoms with van der Waals surface area (Å²) >= 11 is 0. The number of ether oxygens (including phenoxy) is 2. The van der Waals surface area contributed by atoms with Crippen LogP contribution in [0.1, 0.15) is 23.7 Å². The van der Waals surface area contributed by atoms with Gasteiger partial charge in [-0.3, -0.25) is 0 Å². The molecule has 3 heteroatoms. The topological polar surface area (TPSA) is 38.7 Å². The molecule has 0 fully saturated rings. The summed E-state index contributed by atoms with van der Waals surface area (Å²) in [5.41, 5.74) is 1.95. The number of aliphatic hydroxyl groups is 1. The van der Waals surface area contributed by atoms with Crippen molar-refractivity contribution in [3.05, 3.63) is 35.4 Å². The lowest BCUT2D eigenvalue weighted by molar-refractivity contribution is 0.181. The Morgan fingerprint density at radius 2 is 2.00 bits per heavy atom. The fraction of sp³-hybridized carbons (Fsp3) is 0.385. The predicted octanol–water partition coefficient (Wildman–Crippen LogP) is 2.24. The van der Waals surface area contributed by atoms with Gasteiger partial charge in [-0.1, -0.05) is 18.2 Å². The molecule has 86 valence electrons. The van der Waals surface area contributed by atoms with Gasteiger partial charge in [0.2, 0.25) is 0 Å². The molecule has 0 saturated carbocycles. The van der Waals surface area contributed by atoms with Crippen molar-refractivity contribution in [2.24, 2.45) is 0 Å². The summed E-state index contributed by atoms with van der Waals surface area (Å²) in [6.45, 7) is 0. The number of methoxy groups -OCH3 is 2. The van der Waals surface area contributed by atoms with Gasteiger partial charge in [0.05, 0.1) is 20.3 Å². The molecule has 0 spiro atoms. The van der Waals surface area contributed by atoms with Crippen LogP contribution in [0, 0.1) is 0 Å². The summed E-state index contributed by atoms with van der Waals surface area (Å²) in [6, 6.07) is 3.75. The molecule has 1 aromatic rings. The zero-order valence-electron chi connectivity index (χ0n) is 9.56. The van der Waals surface area contributed by atoms with Gasteiger partial charge < -0.3 is 14.6 Å². The zero-order valence-corrected chi connectivity index (χ0v) is 9.56. The first-order valence-corrected chi connectivity index (χ1v) is 5.34. The first-order chi connectivity index (χ1) is 7.77. The van der Waals surface area contributed by atoms with Crippen molar-refractivity contribution in [1.29, 1.82) is 0 Å². The highest BCUT2D eigenvalue weighted by atomic mass is 16.5. The normalized spacial score (nSPS) is 18.8. The molecule has 0 amide bonds. The van der Waals surface area contributed by atoms with Crippen LogP contribution >= 0.6 is 0 Å². The van der Waals surface area contributed by atoms with E-state index in [4.69, 9.17) is 9.47 Å². The summed E-state index contributed by atoms with van der Waals surface area (Å²) in [6.07, 6.45) is 5.02. The average Bonchev–Trinajstić information content (AvgIpc) is 2.50. The van der Waals surface area contributed by atoms with Crippen LogP contribution in [0.2, 0.25) is 0 Å². The van der Waals surface area contributed by atoms with Gasteiger partial charge in [0.1, 0.15) is 0 Å². The SMILES string of the molecule is COc1ccc2c(c1OC)CC=CCC2O. The lowest BCUT2D eigenvalue weighted by Gasteiger charge is -2.17. The van der Waals surface area contributed by atoms with E-state index in [-0.39, 0.29) is 0 Å². The number of aliphatic hydroxyl groups excluding tert-OH is 1. The van der Waals surface area contributed by atoms with E-state index in [0.29, 0.717) is 12.2 Å². The Morgan fingerprint density at radius 3 is 2.69 bits per heavy atom. The lowest BCUT2D eigenvalue weighted by Crippen LogP contribution is -2.03. The molecule has 0 saturated heterocycles. The van der Waals surface area contributed by atoms with Crippen molar-refractivity contribution >= 4 is 0 Å². The number of rotatable bonds is 2. The minimum atomic E-state index is -0.450. The predicted molar refractivity (Wildman–Crippen MR) is 62.0 cm³/mol. The van der Waals surface area contributed by atoms with Crippen LogP contribution in [0.15, 0.2) is 24.3 Å². The molecule has 0 aromatic heterocycles. The van der Waals surface area contributed by atoms with E-state index in [1.807, 2.05) is 18.2 Å². The molecule has 0 bridgehead atoms. The van der Waals surface area contributed by atoms with Crippen molar-refractivity contribution in [2.45, 2.75) is 18.9 Å². The molecule has 16 heavy (non-hydrogen) atoms. The Labute approximate surface area is 95.3 Å². The van der Waals surface area contributed by atoms with E-state index in [2.05, 4.69) is 6.08 Å². The standard InChI is InChI=1S/C13H16O3/c1-15-12-8-7-9-10(13(12)16-2)5-3-4-6-11(9)14/h3-4,7-8,11,14H,5-6H2,1-2H3. The van der Waals surface area contributed by atoms with Crippen molar-refractivity contribution in [3.63, 3.8) is 0 Å². The smallest absolute Gasteiger partial charge is 0.164 e. The quantitative estimate of drug-likeness (QED) is 0.777. The van der Waals surface area contributed by atoms with E-state index in [1.165, 1.54) is 0 Å². The second-order valence-corrected chi connectivity index (χ2v) is 3.80. The second kappa shape index (κ2) is 4.58. The number of hydrogen-bond donors (Lipinski definition) is 1. The Bertz CT molecular complexity index is 410. The van der Waals surface area contributed by atoms with Crippen molar-refractivity contribution in [3.8, 4) is 11.5 Å². The van der Waals surface area contributed by atoms with Gasteiger partial charge >= 0.3 is 0 Å². The third-order valence-corrected chi connectivity index (χ3v) is 2.89. The third kappa shape index (κ3) is 1.78. The molecule has 1 aliphatic rings. The van der Waals surface area contributed by atoms with E-state index in [9.17, 15) is 5.11 Å². The molecule has 0 radical (unpaired) electrons. The average molecular weight is 220 g/mol. The first kappa shape index (κ1) is 11.0. The maximum Gasteiger partial charge on any atom is 0.164 e. The number of hydrogen-bond acceptors (Lipinski definition) is 3. The van der Waals surface area contributed by atoms with Gasteiger partial charge in [0.25, 0.3) is 0 Å². The van der Waals surface area contributed by atoms with E-state index < -0.39 is 6.10 Å². The Kier molecular flexibility index (Phi) is 3.15. The monoisotopic (exact) mass is 220 g/mol. The molecule has 1 N–H and O–H groups in total. The fourth-order valence-electron chi connectivity index (χ4n) is 2.08. The third-order valence-electron chi connectivity index (χ3n) is 2.89. The maximum atomic E-state index is 9.98. The summed E-state index contributed by atoms with van der Waals surface area (Å²) in [5, 5.41) is 9.98. The van der Waals surface area contributed by atoms with Crippen molar-refractivity contribution in [2.75, 3.05) is 14.2 Å². The van der Waals surface area contributed by atoms with Crippen LogP contribution < -0.4 is 9.47 Å².